The Labute approximate surface area is 240 Å². The monoisotopic (exact) mass is 590 g/mol. The molecular weight excluding hydrogens is 560 g/mol. The Balaban J connectivity index is 1.48. The van der Waals surface area contributed by atoms with Crippen LogP contribution in [0.4, 0.5) is 21.0 Å². The zero-order valence-corrected chi connectivity index (χ0v) is 23.1. The molecule has 2 aromatic rings. The van der Waals surface area contributed by atoms with E-state index in [1.807, 2.05) is 0 Å². The van der Waals surface area contributed by atoms with Crippen molar-refractivity contribution in [3.63, 3.8) is 0 Å². The zero-order valence-electron chi connectivity index (χ0n) is 22.2. The topological polar surface area (TPSA) is 180 Å². The van der Waals surface area contributed by atoms with E-state index in [0.717, 1.165) is 0 Å². The van der Waals surface area contributed by atoms with Gasteiger partial charge in [0.25, 0.3) is 11.4 Å². The molecule has 3 atom stereocenters. The van der Waals surface area contributed by atoms with Gasteiger partial charge in [0.2, 0.25) is 0 Å². The van der Waals surface area contributed by atoms with Crippen molar-refractivity contribution < 1.29 is 38.4 Å². The van der Waals surface area contributed by atoms with Crippen LogP contribution in [-0.2, 0) is 32.2 Å². The average molecular weight is 591 g/mol. The fourth-order valence-electron chi connectivity index (χ4n) is 4.26. The van der Waals surface area contributed by atoms with Gasteiger partial charge >= 0.3 is 18.2 Å². The molecule has 15 heteroatoms. The van der Waals surface area contributed by atoms with E-state index >= 15 is 0 Å². The molecule has 14 nitrogen and oxygen atoms in total. The second kappa shape index (κ2) is 14.8. The highest BCUT2D eigenvalue weighted by Gasteiger charge is 2.35. The average Bonchev–Trinajstić information content (AvgIpc) is 3.32. The number of benzene rings is 2. The van der Waals surface area contributed by atoms with E-state index in [1.165, 1.54) is 55.5 Å². The quantitative estimate of drug-likeness (QED) is 0.120. The first-order chi connectivity index (χ1) is 19.5. The summed E-state index contributed by atoms with van der Waals surface area (Å²) in [7, 11) is 0. The van der Waals surface area contributed by atoms with Gasteiger partial charge in [0.1, 0.15) is 19.3 Å². The van der Waals surface area contributed by atoms with Gasteiger partial charge in [-0.3, -0.25) is 25.0 Å². The number of carbonyl (C=O) groups excluding carboxylic acids is 3. The van der Waals surface area contributed by atoms with Crippen LogP contribution in [0.3, 0.4) is 0 Å². The molecule has 1 aliphatic rings. The smallest absolute Gasteiger partial charge is 0.410 e. The largest absolute Gasteiger partial charge is 0.461 e. The molecule has 0 aromatic heterocycles. The van der Waals surface area contributed by atoms with Gasteiger partial charge in [0, 0.05) is 49.0 Å². The summed E-state index contributed by atoms with van der Waals surface area (Å²) in [6.07, 6.45) is -0.625. The number of hydrogen-bond donors (Lipinski definition) is 2. The molecule has 0 radical (unpaired) electrons. The lowest BCUT2D eigenvalue weighted by molar-refractivity contribution is -0.385. The van der Waals surface area contributed by atoms with E-state index in [1.54, 1.807) is 4.90 Å². The molecule has 220 valence electrons. The lowest BCUT2D eigenvalue weighted by Crippen LogP contribution is -2.39. The SMILES string of the molecule is CC(=O)OC(CC[C@@H]1C[C@H](S)CN1C(=O)OCc1ccc([N+](=O)[O-])cc1)CNC(=O)OCc1ccc([N+](=O)[O-])cc1. The van der Waals surface area contributed by atoms with E-state index in [9.17, 15) is 34.6 Å². The van der Waals surface area contributed by atoms with Crippen molar-refractivity contribution in [2.24, 2.45) is 0 Å². The molecule has 0 spiro atoms. The number of nitrogens with one attached hydrogen (secondary N) is 1. The fourth-order valence-corrected chi connectivity index (χ4v) is 4.68. The molecule has 0 bridgehead atoms. The van der Waals surface area contributed by atoms with E-state index in [0.29, 0.717) is 36.9 Å². The molecule has 0 aliphatic carbocycles. The van der Waals surface area contributed by atoms with Gasteiger partial charge in [-0.25, -0.2) is 9.59 Å². The van der Waals surface area contributed by atoms with Gasteiger partial charge in [0.05, 0.1) is 16.4 Å². The van der Waals surface area contributed by atoms with Crippen molar-refractivity contribution in [3.05, 3.63) is 79.9 Å². The van der Waals surface area contributed by atoms with Crippen LogP contribution in [0, 0.1) is 20.2 Å². The van der Waals surface area contributed by atoms with Gasteiger partial charge in [-0.2, -0.15) is 12.6 Å². The van der Waals surface area contributed by atoms with E-state index < -0.39 is 34.1 Å². The van der Waals surface area contributed by atoms with Gasteiger partial charge in [-0.15, -0.1) is 0 Å². The lowest BCUT2D eigenvalue weighted by atomic mass is 10.1. The number of non-ortho nitro benzene ring substituents is 2. The van der Waals surface area contributed by atoms with Crippen molar-refractivity contribution in [2.75, 3.05) is 13.1 Å². The summed E-state index contributed by atoms with van der Waals surface area (Å²) in [6.45, 7) is 1.42. The molecule has 1 N–H and O–H groups in total. The zero-order chi connectivity index (χ0) is 29.9. The van der Waals surface area contributed by atoms with E-state index in [4.69, 9.17) is 14.2 Å². The third-order valence-corrected chi connectivity index (χ3v) is 6.66. The summed E-state index contributed by atoms with van der Waals surface area (Å²) in [5, 5.41) is 24.0. The highest BCUT2D eigenvalue weighted by atomic mass is 32.1. The maximum atomic E-state index is 12.8. The number of likely N-dealkylation sites (tertiary alicyclic amines) is 1. The number of alkyl carbamates (subject to hydrolysis) is 1. The van der Waals surface area contributed by atoms with E-state index in [2.05, 4.69) is 17.9 Å². The van der Waals surface area contributed by atoms with Crippen molar-refractivity contribution >= 4 is 42.2 Å². The van der Waals surface area contributed by atoms with Crippen LogP contribution in [0.2, 0.25) is 0 Å². The molecule has 1 unspecified atom stereocenters. The molecule has 1 fully saturated rings. The minimum absolute atomic E-state index is 0.0275. The Morgan fingerprint density at radius 1 is 0.976 bits per heavy atom. The first-order valence-corrected chi connectivity index (χ1v) is 13.2. The highest BCUT2D eigenvalue weighted by molar-refractivity contribution is 7.81. The first kappa shape index (κ1) is 31.1. The normalized spacial score (nSPS) is 16.9. The molecule has 1 aliphatic heterocycles. The van der Waals surface area contributed by atoms with Crippen molar-refractivity contribution in [2.45, 2.75) is 56.8 Å². The summed E-state index contributed by atoms with van der Waals surface area (Å²) in [4.78, 5) is 58.7. The number of nitrogens with zero attached hydrogens (tertiary/aromatic N) is 3. The minimum Gasteiger partial charge on any atom is -0.461 e. The number of nitro groups is 2. The summed E-state index contributed by atoms with van der Waals surface area (Å²) in [5.74, 6) is -0.533. The second-order valence-corrected chi connectivity index (χ2v) is 10.1. The Kier molecular flexibility index (Phi) is 11.3. The van der Waals surface area contributed by atoms with Crippen LogP contribution < -0.4 is 5.32 Å². The number of amides is 2. The second-order valence-electron chi connectivity index (χ2n) is 9.36. The molecule has 1 heterocycles. The number of ether oxygens (including phenoxy) is 3. The van der Waals surface area contributed by atoms with Gasteiger partial charge in [-0.1, -0.05) is 0 Å². The fraction of sp³-hybridized carbons (Fsp3) is 0.423. The van der Waals surface area contributed by atoms with Crippen molar-refractivity contribution in [1.82, 2.24) is 10.2 Å². The van der Waals surface area contributed by atoms with Crippen LogP contribution in [0.15, 0.2) is 48.5 Å². The van der Waals surface area contributed by atoms with Crippen LogP contribution in [0.25, 0.3) is 0 Å². The molecule has 1 saturated heterocycles. The number of carbonyl (C=O) groups is 3. The van der Waals surface area contributed by atoms with Crippen molar-refractivity contribution in [3.8, 4) is 0 Å². The summed E-state index contributed by atoms with van der Waals surface area (Å²) < 4.78 is 15.9. The van der Waals surface area contributed by atoms with Crippen molar-refractivity contribution in [1.29, 1.82) is 0 Å². The highest BCUT2D eigenvalue weighted by Crippen LogP contribution is 2.27. The van der Waals surface area contributed by atoms with E-state index in [-0.39, 0.29) is 42.4 Å². The Bertz CT molecular complexity index is 1240. The number of hydrogen-bond acceptors (Lipinski definition) is 11. The standard InChI is InChI=1S/C26H30N4O10S/c1-17(31)40-23(13-27-25(32)38-15-18-2-6-20(7-3-18)29(34)35)11-10-22-12-24(41)14-28(22)26(33)39-16-19-4-8-21(9-5-19)30(36)37/h2-9,22-24,41H,10-16H2,1H3,(H,27,32)/t22-,23?,24+/m1/s1. The number of esters is 1. The van der Waals surface area contributed by atoms with Gasteiger partial charge in [0.15, 0.2) is 0 Å². The molecular formula is C26H30N4O10S. The summed E-state index contributed by atoms with van der Waals surface area (Å²) in [6, 6.07) is 11.0. The van der Waals surface area contributed by atoms with Crippen LogP contribution >= 0.6 is 12.6 Å². The van der Waals surface area contributed by atoms with Gasteiger partial charge in [-0.05, 0) is 54.7 Å². The number of nitro benzene ring substituents is 2. The number of rotatable bonds is 12. The predicted octanol–water partition coefficient (Wildman–Crippen LogP) is 4.15. The first-order valence-electron chi connectivity index (χ1n) is 12.7. The predicted molar refractivity (Wildman–Crippen MR) is 147 cm³/mol. The maximum absolute atomic E-state index is 12.8. The summed E-state index contributed by atoms with van der Waals surface area (Å²) in [5.41, 5.74) is 1.02. The number of thiol groups is 1. The Morgan fingerprint density at radius 3 is 2.02 bits per heavy atom. The third-order valence-electron chi connectivity index (χ3n) is 6.28. The Hall–Kier alpha value is -4.40. The lowest BCUT2D eigenvalue weighted by Gasteiger charge is -2.26. The molecule has 41 heavy (non-hydrogen) atoms. The molecule has 0 saturated carbocycles. The molecule has 2 amide bonds. The van der Waals surface area contributed by atoms with Crippen LogP contribution in [-0.4, -0.2) is 63.4 Å². The molecule has 2 aromatic carbocycles. The van der Waals surface area contributed by atoms with Crippen LogP contribution in [0.5, 0.6) is 0 Å². The summed E-state index contributed by atoms with van der Waals surface area (Å²) >= 11 is 4.51. The molecule has 3 rings (SSSR count). The maximum Gasteiger partial charge on any atom is 0.410 e. The van der Waals surface area contributed by atoms with Gasteiger partial charge < -0.3 is 24.4 Å². The third kappa shape index (κ3) is 9.94. The van der Waals surface area contributed by atoms with Crippen LogP contribution in [0.1, 0.15) is 37.3 Å². The Morgan fingerprint density at radius 2 is 1.51 bits per heavy atom. The minimum atomic E-state index is -0.756.